The fourth-order valence-electron chi connectivity index (χ4n) is 1.88. The molecule has 0 fully saturated rings. The molecule has 0 heterocycles. The van der Waals surface area contributed by atoms with Crippen LogP contribution in [0, 0.1) is 0 Å². The van der Waals surface area contributed by atoms with E-state index in [9.17, 15) is 13.5 Å². The third kappa shape index (κ3) is 4.36. The van der Waals surface area contributed by atoms with Crippen molar-refractivity contribution in [1.29, 1.82) is 0 Å². The Kier molecular flexibility index (Phi) is 5.79. The monoisotopic (exact) mass is 303 g/mol. The Balaban J connectivity index is 3.07. The summed E-state index contributed by atoms with van der Waals surface area (Å²) in [6.45, 7) is 3.30. The topological polar surface area (TPSA) is 84.9 Å². The molecule has 0 bridgehead atoms. The highest BCUT2D eigenvalue weighted by Crippen LogP contribution is 2.28. The van der Waals surface area contributed by atoms with Gasteiger partial charge in [0.1, 0.15) is 16.4 Å². The van der Waals surface area contributed by atoms with E-state index < -0.39 is 22.2 Å². The van der Waals surface area contributed by atoms with E-state index in [1.165, 1.54) is 26.4 Å². The SMILES string of the molecule is COc1ccc(OC)c(S(=O)(=O)NC(C)CC(C)O)c1. The fourth-order valence-corrected chi connectivity index (χ4v) is 3.32. The van der Waals surface area contributed by atoms with Crippen LogP contribution in [0.3, 0.4) is 0 Å². The lowest BCUT2D eigenvalue weighted by Crippen LogP contribution is -2.34. The summed E-state index contributed by atoms with van der Waals surface area (Å²) < 4.78 is 37.3. The quantitative estimate of drug-likeness (QED) is 0.789. The summed E-state index contributed by atoms with van der Waals surface area (Å²) in [5.74, 6) is 0.664. The minimum absolute atomic E-state index is 0.0109. The molecule has 0 radical (unpaired) electrons. The third-order valence-corrected chi connectivity index (χ3v) is 4.32. The van der Waals surface area contributed by atoms with Gasteiger partial charge < -0.3 is 14.6 Å². The van der Waals surface area contributed by atoms with Crippen molar-refractivity contribution in [1.82, 2.24) is 4.72 Å². The Labute approximate surface area is 119 Å². The molecule has 0 amide bonds. The first-order valence-electron chi connectivity index (χ1n) is 6.22. The molecule has 0 spiro atoms. The van der Waals surface area contributed by atoms with Crippen molar-refractivity contribution in [2.75, 3.05) is 14.2 Å². The van der Waals surface area contributed by atoms with E-state index in [0.717, 1.165) is 0 Å². The van der Waals surface area contributed by atoms with Crippen LogP contribution in [0.1, 0.15) is 20.3 Å². The number of benzene rings is 1. The van der Waals surface area contributed by atoms with Crippen molar-refractivity contribution < 1.29 is 23.0 Å². The molecule has 2 N–H and O–H groups in total. The van der Waals surface area contributed by atoms with Gasteiger partial charge in [-0.15, -0.1) is 0 Å². The zero-order chi connectivity index (χ0) is 15.3. The minimum atomic E-state index is -3.75. The predicted molar refractivity (Wildman–Crippen MR) is 75.6 cm³/mol. The zero-order valence-electron chi connectivity index (χ0n) is 12.1. The number of rotatable bonds is 7. The highest BCUT2D eigenvalue weighted by Gasteiger charge is 2.23. The van der Waals surface area contributed by atoms with Gasteiger partial charge in [-0.25, -0.2) is 13.1 Å². The maximum absolute atomic E-state index is 12.3. The van der Waals surface area contributed by atoms with Gasteiger partial charge in [0.05, 0.1) is 20.3 Å². The first kappa shape index (κ1) is 16.7. The van der Waals surface area contributed by atoms with Gasteiger partial charge in [0.2, 0.25) is 10.0 Å². The lowest BCUT2D eigenvalue weighted by atomic mass is 10.2. The van der Waals surface area contributed by atoms with Crippen LogP contribution in [0.25, 0.3) is 0 Å². The van der Waals surface area contributed by atoms with Gasteiger partial charge in [-0.05, 0) is 32.4 Å². The van der Waals surface area contributed by atoms with E-state index in [-0.39, 0.29) is 10.6 Å². The van der Waals surface area contributed by atoms with Crippen LogP contribution < -0.4 is 14.2 Å². The normalized spacial score (nSPS) is 14.7. The first-order valence-corrected chi connectivity index (χ1v) is 7.71. The van der Waals surface area contributed by atoms with Gasteiger partial charge >= 0.3 is 0 Å². The van der Waals surface area contributed by atoms with Gasteiger partial charge in [0, 0.05) is 12.1 Å². The molecule has 0 aromatic heterocycles. The number of methoxy groups -OCH3 is 2. The summed E-state index contributed by atoms with van der Waals surface area (Å²) >= 11 is 0. The molecular weight excluding hydrogens is 282 g/mol. The molecule has 1 aromatic carbocycles. The molecule has 7 heteroatoms. The molecule has 114 valence electrons. The van der Waals surface area contributed by atoms with Gasteiger partial charge in [0.25, 0.3) is 0 Å². The van der Waals surface area contributed by atoms with E-state index in [2.05, 4.69) is 4.72 Å². The zero-order valence-corrected chi connectivity index (χ0v) is 12.9. The van der Waals surface area contributed by atoms with Crippen molar-refractivity contribution in [3.05, 3.63) is 18.2 Å². The first-order chi connectivity index (χ1) is 9.30. The van der Waals surface area contributed by atoms with Crippen molar-refractivity contribution in [3.8, 4) is 11.5 Å². The predicted octanol–water partition coefficient (Wildman–Crippen LogP) is 1.14. The van der Waals surface area contributed by atoms with Crippen LogP contribution in [-0.2, 0) is 10.0 Å². The summed E-state index contributed by atoms with van der Waals surface area (Å²) in [7, 11) is -0.884. The van der Waals surface area contributed by atoms with Crippen LogP contribution in [-0.4, -0.2) is 39.9 Å². The van der Waals surface area contributed by atoms with E-state index in [1.54, 1.807) is 19.9 Å². The van der Waals surface area contributed by atoms with E-state index in [0.29, 0.717) is 12.2 Å². The Morgan fingerprint density at radius 3 is 2.40 bits per heavy atom. The number of nitrogens with one attached hydrogen (secondary N) is 1. The van der Waals surface area contributed by atoms with Gasteiger partial charge in [-0.2, -0.15) is 0 Å². The second kappa shape index (κ2) is 6.92. The second-order valence-corrected chi connectivity index (χ2v) is 6.31. The standard InChI is InChI=1S/C13H21NO5S/c1-9(7-10(2)15)14-20(16,17)13-8-11(18-3)5-6-12(13)19-4/h5-6,8-10,14-15H,7H2,1-4H3. The average molecular weight is 303 g/mol. The average Bonchev–Trinajstić information content (AvgIpc) is 2.36. The van der Waals surface area contributed by atoms with Crippen molar-refractivity contribution in [2.24, 2.45) is 0 Å². The molecule has 2 unspecified atom stereocenters. The Morgan fingerprint density at radius 2 is 1.90 bits per heavy atom. The lowest BCUT2D eigenvalue weighted by Gasteiger charge is -2.17. The van der Waals surface area contributed by atoms with Crippen LogP contribution in [0.2, 0.25) is 0 Å². The minimum Gasteiger partial charge on any atom is -0.497 e. The van der Waals surface area contributed by atoms with E-state index in [4.69, 9.17) is 9.47 Å². The smallest absolute Gasteiger partial charge is 0.244 e. The molecule has 20 heavy (non-hydrogen) atoms. The summed E-state index contributed by atoms with van der Waals surface area (Å²) in [6.07, 6.45) is -0.259. The molecule has 0 saturated carbocycles. The van der Waals surface area contributed by atoms with Crippen LogP contribution in [0.5, 0.6) is 11.5 Å². The molecule has 1 aromatic rings. The largest absolute Gasteiger partial charge is 0.497 e. The van der Waals surface area contributed by atoms with Crippen molar-refractivity contribution >= 4 is 10.0 Å². The van der Waals surface area contributed by atoms with Crippen molar-refractivity contribution in [3.63, 3.8) is 0 Å². The molecule has 1 rings (SSSR count). The lowest BCUT2D eigenvalue weighted by molar-refractivity contribution is 0.175. The molecule has 0 saturated heterocycles. The molecule has 0 aliphatic carbocycles. The van der Waals surface area contributed by atoms with Gasteiger partial charge in [-0.3, -0.25) is 0 Å². The second-order valence-electron chi connectivity index (χ2n) is 4.62. The maximum atomic E-state index is 12.3. The van der Waals surface area contributed by atoms with Crippen molar-refractivity contribution in [2.45, 2.75) is 37.3 Å². The summed E-state index contributed by atoms with van der Waals surface area (Å²) in [6, 6.07) is 4.16. The van der Waals surface area contributed by atoms with Gasteiger partial charge in [-0.1, -0.05) is 0 Å². The van der Waals surface area contributed by atoms with Gasteiger partial charge in [0.15, 0.2) is 0 Å². The van der Waals surface area contributed by atoms with Crippen LogP contribution in [0.4, 0.5) is 0 Å². The highest BCUT2D eigenvalue weighted by molar-refractivity contribution is 7.89. The van der Waals surface area contributed by atoms with Crippen LogP contribution >= 0.6 is 0 Å². The third-order valence-electron chi connectivity index (χ3n) is 2.71. The molecule has 2 atom stereocenters. The number of hydrogen-bond donors (Lipinski definition) is 2. The molecule has 0 aliphatic heterocycles. The van der Waals surface area contributed by atoms with E-state index >= 15 is 0 Å². The fraction of sp³-hybridized carbons (Fsp3) is 0.538. The molecule has 0 aliphatic rings. The summed E-state index contributed by atoms with van der Waals surface area (Å²) in [5, 5.41) is 9.29. The highest BCUT2D eigenvalue weighted by atomic mass is 32.2. The number of ether oxygens (including phenoxy) is 2. The Morgan fingerprint density at radius 1 is 1.25 bits per heavy atom. The number of aliphatic hydroxyl groups excluding tert-OH is 1. The Hall–Kier alpha value is -1.31. The number of sulfonamides is 1. The van der Waals surface area contributed by atoms with E-state index in [1.807, 2.05) is 0 Å². The number of aliphatic hydroxyl groups is 1. The summed E-state index contributed by atoms with van der Waals surface area (Å²) in [5.41, 5.74) is 0. The summed E-state index contributed by atoms with van der Waals surface area (Å²) in [4.78, 5) is 0.0109. The maximum Gasteiger partial charge on any atom is 0.244 e. The van der Waals surface area contributed by atoms with Crippen LogP contribution in [0.15, 0.2) is 23.1 Å². The molecule has 6 nitrogen and oxygen atoms in total. The Bertz CT molecular complexity index is 542. The number of hydrogen-bond acceptors (Lipinski definition) is 5. The molecular formula is C13H21NO5S.